The zero-order chi connectivity index (χ0) is 16.9. The Balaban J connectivity index is 2.92. The molecule has 124 valence electrons. The maximum absolute atomic E-state index is 12.5. The Morgan fingerprint density at radius 3 is 2.45 bits per heavy atom. The van der Waals surface area contributed by atoms with E-state index < -0.39 is 18.1 Å². The number of aromatic nitrogens is 2. The first-order valence-corrected chi connectivity index (χ1v) is 8.17. The molecule has 6 nitrogen and oxygen atoms in total. The molecule has 0 fully saturated rings. The van der Waals surface area contributed by atoms with Crippen LogP contribution in [-0.4, -0.2) is 40.1 Å². The summed E-state index contributed by atoms with van der Waals surface area (Å²) < 4.78 is 6.51. The summed E-state index contributed by atoms with van der Waals surface area (Å²) >= 11 is 10.2. The molecule has 1 aromatic heterocycles. The number of halogens is 1. The zero-order valence-corrected chi connectivity index (χ0v) is 14.9. The lowest BCUT2D eigenvalue weighted by Gasteiger charge is -2.21. The minimum absolute atomic E-state index is 0.166. The van der Waals surface area contributed by atoms with E-state index in [9.17, 15) is 9.59 Å². The van der Waals surface area contributed by atoms with Gasteiger partial charge in [0.1, 0.15) is 12.1 Å². The molecule has 1 unspecified atom stereocenters. The van der Waals surface area contributed by atoms with Crippen molar-refractivity contribution in [1.82, 2.24) is 15.1 Å². The average molecular weight is 348 g/mol. The average Bonchev–Trinajstić information content (AvgIpc) is 2.73. The van der Waals surface area contributed by atoms with Gasteiger partial charge in [0.25, 0.3) is 0 Å². The van der Waals surface area contributed by atoms with Crippen molar-refractivity contribution in [1.29, 1.82) is 0 Å². The number of hydrogen-bond donors (Lipinski definition) is 2. The van der Waals surface area contributed by atoms with Crippen LogP contribution in [-0.2, 0) is 14.3 Å². The molecule has 1 N–H and O–H groups in total. The molecule has 1 amide bonds. The van der Waals surface area contributed by atoms with E-state index in [0.717, 1.165) is 5.69 Å². The van der Waals surface area contributed by atoms with Gasteiger partial charge in [0.15, 0.2) is 0 Å². The number of thiol groups is 1. The van der Waals surface area contributed by atoms with Gasteiger partial charge in [0, 0.05) is 5.75 Å². The number of carbonyl (C=O) groups excluding carboxylic acids is 2. The zero-order valence-electron chi connectivity index (χ0n) is 13.2. The summed E-state index contributed by atoms with van der Waals surface area (Å²) in [6.45, 7) is 7.42. The Bertz CT molecular complexity index is 548. The van der Waals surface area contributed by atoms with E-state index in [4.69, 9.17) is 16.3 Å². The van der Waals surface area contributed by atoms with Crippen molar-refractivity contribution in [2.24, 2.45) is 0 Å². The lowest BCUT2D eigenvalue weighted by atomic mass is 10.2. The largest absolute Gasteiger partial charge is 0.464 e. The number of aryl methyl sites for hydroxylation is 1. The lowest BCUT2D eigenvalue weighted by molar-refractivity contribution is -0.147. The van der Waals surface area contributed by atoms with Crippen molar-refractivity contribution in [3.63, 3.8) is 0 Å². The summed E-state index contributed by atoms with van der Waals surface area (Å²) in [4.78, 5) is 24.2. The van der Waals surface area contributed by atoms with Crippen LogP contribution in [0.25, 0.3) is 0 Å². The first kappa shape index (κ1) is 18.8. The molecule has 1 aromatic rings. The predicted octanol–water partition coefficient (Wildman–Crippen LogP) is 2.08. The number of nitrogens with zero attached hydrogens (tertiary/aromatic N) is 2. The number of amides is 1. The van der Waals surface area contributed by atoms with Gasteiger partial charge < -0.3 is 10.1 Å². The monoisotopic (exact) mass is 347 g/mol. The molecule has 0 bridgehead atoms. The highest BCUT2D eigenvalue weighted by Gasteiger charge is 2.27. The van der Waals surface area contributed by atoms with E-state index in [0.29, 0.717) is 17.1 Å². The topological polar surface area (TPSA) is 73.2 Å². The van der Waals surface area contributed by atoms with Crippen LogP contribution in [0.15, 0.2) is 0 Å². The third kappa shape index (κ3) is 4.16. The molecule has 0 radical (unpaired) electrons. The smallest absolute Gasteiger partial charge is 0.329 e. The highest BCUT2D eigenvalue weighted by Crippen LogP contribution is 2.23. The summed E-state index contributed by atoms with van der Waals surface area (Å²) in [5.74, 6) is -0.636. The highest BCUT2D eigenvalue weighted by atomic mass is 35.5. The van der Waals surface area contributed by atoms with Gasteiger partial charge in [-0.2, -0.15) is 17.7 Å². The molecule has 0 spiro atoms. The number of hydrogen-bond acceptors (Lipinski definition) is 5. The first-order valence-electron chi connectivity index (χ1n) is 7.16. The molecule has 1 rings (SSSR count). The van der Waals surface area contributed by atoms with E-state index in [1.54, 1.807) is 25.5 Å². The van der Waals surface area contributed by atoms with Crippen molar-refractivity contribution in [3.8, 4) is 0 Å². The van der Waals surface area contributed by atoms with Gasteiger partial charge in [-0.3, -0.25) is 9.48 Å². The summed E-state index contributed by atoms with van der Waals surface area (Å²) in [5, 5.41) is 7.51. The Labute approximate surface area is 140 Å². The van der Waals surface area contributed by atoms with Crippen LogP contribution in [0.5, 0.6) is 0 Å². The predicted molar refractivity (Wildman–Crippen MR) is 88.5 cm³/mol. The van der Waals surface area contributed by atoms with Crippen molar-refractivity contribution < 1.29 is 14.3 Å². The Morgan fingerprint density at radius 1 is 1.41 bits per heavy atom. The fraction of sp³-hybridized carbons (Fsp3) is 0.643. The molecule has 0 aromatic carbocycles. The summed E-state index contributed by atoms with van der Waals surface area (Å²) in [7, 11) is 0. The quantitative estimate of drug-likeness (QED) is 0.585. The number of nitrogens with one attached hydrogen (secondary N) is 1. The van der Waals surface area contributed by atoms with Crippen LogP contribution in [0.2, 0.25) is 5.02 Å². The second-order valence-electron chi connectivity index (χ2n) is 4.85. The van der Waals surface area contributed by atoms with Crippen LogP contribution in [0, 0.1) is 13.8 Å². The number of esters is 1. The van der Waals surface area contributed by atoms with Gasteiger partial charge in [0.05, 0.1) is 23.0 Å². The molecule has 0 aliphatic rings. The first-order chi connectivity index (χ1) is 10.4. The molecule has 22 heavy (non-hydrogen) atoms. The Morgan fingerprint density at radius 2 is 2.05 bits per heavy atom. The normalized spacial score (nSPS) is 13.5. The molecule has 1 heterocycles. The van der Waals surface area contributed by atoms with Crippen LogP contribution in [0.4, 0.5) is 0 Å². The fourth-order valence-electron chi connectivity index (χ4n) is 2.11. The third-order valence-electron chi connectivity index (χ3n) is 3.29. The number of carbonyl (C=O) groups is 2. The van der Waals surface area contributed by atoms with E-state index in [1.807, 2.05) is 6.92 Å². The highest BCUT2D eigenvalue weighted by molar-refractivity contribution is 7.80. The molecule has 0 saturated heterocycles. The molecular weight excluding hydrogens is 326 g/mol. The number of ether oxygens (including phenoxy) is 1. The second kappa shape index (κ2) is 8.43. The van der Waals surface area contributed by atoms with Gasteiger partial charge in [-0.1, -0.05) is 18.5 Å². The lowest BCUT2D eigenvalue weighted by Crippen LogP contribution is -2.46. The standard InChI is InChI=1S/C14H22ClN3O3S/c1-5-11(18-9(4)12(15)8(3)17-18)13(19)16-10(7-22)14(20)21-6-2/h10-11,22H,5-7H2,1-4H3,(H,16,19)/t10-,11?/m0/s1. The van der Waals surface area contributed by atoms with Gasteiger partial charge in [0.2, 0.25) is 5.91 Å². The van der Waals surface area contributed by atoms with E-state index >= 15 is 0 Å². The minimum Gasteiger partial charge on any atom is -0.464 e. The molecule has 0 aliphatic carbocycles. The van der Waals surface area contributed by atoms with Crippen molar-refractivity contribution >= 4 is 36.1 Å². The van der Waals surface area contributed by atoms with Crippen LogP contribution in [0.3, 0.4) is 0 Å². The van der Waals surface area contributed by atoms with Gasteiger partial charge in [-0.05, 0) is 27.2 Å². The summed E-state index contributed by atoms with van der Waals surface area (Å²) in [6, 6.07) is -1.32. The Kier molecular flexibility index (Phi) is 7.22. The summed E-state index contributed by atoms with van der Waals surface area (Å²) in [6.07, 6.45) is 0.520. The molecule has 8 heteroatoms. The minimum atomic E-state index is -0.780. The van der Waals surface area contributed by atoms with Crippen molar-refractivity contribution in [3.05, 3.63) is 16.4 Å². The molecule has 0 saturated carbocycles. The van der Waals surface area contributed by atoms with Gasteiger partial charge >= 0.3 is 5.97 Å². The van der Waals surface area contributed by atoms with Crippen LogP contribution < -0.4 is 5.32 Å². The molecule has 2 atom stereocenters. The van der Waals surface area contributed by atoms with E-state index in [2.05, 4.69) is 23.0 Å². The maximum Gasteiger partial charge on any atom is 0.329 e. The number of rotatable bonds is 7. The van der Waals surface area contributed by atoms with Gasteiger partial charge in [-0.25, -0.2) is 4.79 Å². The maximum atomic E-state index is 12.5. The second-order valence-corrected chi connectivity index (χ2v) is 5.59. The van der Waals surface area contributed by atoms with Crippen LogP contribution in [0.1, 0.15) is 37.7 Å². The summed E-state index contributed by atoms with van der Waals surface area (Å²) in [5.41, 5.74) is 1.39. The van der Waals surface area contributed by atoms with Crippen molar-refractivity contribution in [2.45, 2.75) is 46.2 Å². The van der Waals surface area contributed by atoms with E-state index in [1.165, 1.54) is 0 Å². The van der Waals surface area contributed by atoms with Crippen LogP contribution >= 0.6 is 24.2 Å². The van der Waals surface area contributed by atoms with E-state index in [-0.39, 0.29) is 18.3 Å². The SMILES string of the molecule is CCOC(=O)[C@H](CS)NC(=O)C(CC)n1nc(C)c(Cl)c1C. The molecule has 0 aliphatic heterocycles. The molecular formula is C14H22ClN3O3S. The van der Waals surface area contributed by atoms with Crippen molar-refractivity contribution in [2.75, 3.05) is 12.4 Å². The fourth-order valence-corrected chi connectivity index (χ4v) is 2.47. The third-order valence-corrected chi connectivity index (χ3v) is 4.20. The van der Waals surface area contributed by atoms with Gasteiger partial charge in [-0.15, -0.1) is 0 Å². The Hall–Kier alpha value is -1.21.